The van der Waals surface area contributed by atoms with Crippen LogP contribution in [0.5, 0.6) is 5.75 Å². The number of rotatable bonds is 3. The van der Waals surface area contributed by atoms with Crippen molar-refractivity contribution in [3.8, 4) is 5.75 Å². The van der Waals surface area contributed by atoms with Crippen LogP contribution in [0.1, 0.15) is 40.4 Å². The highest BCUT2D eigenvalue weighted by Crippen LogP contribution is 2.35. The van der Waals surface area contributed by atoms with E-state index in [1.165, 1.54) is 5.56 Å². The topological polar surface area (TPSA) is 35.5 Å². The average molecular weight is 220 g/mol. The van der Waals surface area contributed by atoms with Gasteiger partial charge in [-0.2, -0.15) is 0 Å². The predicted octanol–water partition coefficient (Wildman–Crippen LogP) is 2.53. The van der Waals surface area contributed by atoms with E-state index in [0.29, 0.717) is 11.3 Å². The minimum absolute atomic E-state index is 0.137. The summed E-state index contributed by atoms with van der Waals surface area (Å²) in [5, 5.41) is 0. The van der Waals surface area contributed by atoms with Crippen molar-refractivity contribution >= 4 is 6.29 Å². The number of ether oxygens (including phenoxy) is 2. The normalized spacial score (nSPS) is 19.0. The van der Waals surface area contributed by atoms with Crippen LogP contribution in [-0.4, -0.2) is 20.5 Å². The number of methoxy groups -OCH3 is 2. The highest BCUT2D eigenvalue weighted by Gasteiger charge is 2.21. The second kappa shape index (κ2) is 4.66. The van der Waals surface area contributed by atoms with E-state index in [4.69, 9.17) is 9.47 Å². The zero-order chi connectivity index (χ0) is 11.5. The van der Waals surface area contributed by atoms with Crippen LogP contribution in [0.15, 0.2) is 12.1 Å². The Morgan fingerprint density at radius 2 is 2.19 bits per heavy atom. The summed E-state index contributed by atoms with van der Waals surface area (Å²) in [6.45, 7) is 0. The van der Waals surface area contributed by atoms with Crippen molar-refractivity contribution in [1.29, 1.82) is 0 Å². The molecule has 0 bridgehead atoms. The fraction of sp³-hybridized carbons (Fsp3) is 0.462. The molecule has 1 aliphatic rings. The molecule has 86 valence electrons. The number of hydrogen-bond donors (Lipinski definition) is 0. The number of benzene rings is 1. The van der Waals surface area contributed by atoms with Gasteiger partial charge in [0.1, 0.15) is 5.75 Å². The van der Waals surface area contributed by atoms with Gasteiger partial charge in [0, 0.05) is 7.11 Å². The predicted molar refractivity (Wildman–Crippen MR) is 61.1 cm³/mol. The lowest BCUT2D eigenvalue weighted by Gasteiger charge is -2.25. The molecule has 0 heterocycles. The third-order valence-corrected chi connectivity index (χ3v) is 3.16. The van der Waals surface area contributed by atoms with Crippen molar-refractivity contribution in [3.63, 3.8) is 0 Å². The summed E-state index contributed by atoms with van der Waals surface area (Å²) in [5.41, 5.74) is 3.00. The van der Waals surface area contributed by atoms with Crippen LogP contribution in [0.3, 0.4) is 0 Å². The lowest BCUT2D eigenvalue weighted by atomic mass is 9.88. The molecule has 0 saturated heterocycles. The van der Waals surface area contributed by atoms with Gasteiger partial charge in [-0.1, -0.05) is 0 Å². The van der Waals surface area contributed by atoms with Gasteiger partial charge in [0.15, 0.2) is 6.29 Å². The van der Waals surface area contributed by atoms with Gasteiger partial charge >= 0.3 is 0 Å². The van der Waals surface area contributed by atoms with Gasteiger partial charge in [-0.25, -0.2) is 0 Å². The van der Waals surface area contributed by atoms with Crippen LogP contribution < -0.4 is 4.74 Å². The maximum atomic E-state index is 10.9. The first kappa shape index (κ1) is 11.1. The van der Waals surface area contributed by atoms with Crippen molar-refractivity contribution in [2.75, 3.05) is 14.2 Å². The summed E-state index contributed by atoms with van der Waals surface area (Å²) in [4.78, 5) is 10.9. The van der Waals surface area contributed by atoms with Crippen molar-refractivity contribution in [1.82, 2.24) is 0 Å². The number of carbonyl (C=O) groups is 1. The third kappa shape index (κ3) is 1.83. The van der Waals surface area contributed by atoms with Crippen LogP contribution in [0.4, 0.5) is 0 Å². The summed E-state index contributed by atoms with van der Waals surface area (Å²) in [7, 11) is 3.30. The van der Waals surface area contributed by atoms with Crippen LogP contribution in [-0.2, 0) is 11.2 Å². The number of aryl methyl sites for hydroxylation is 1. The highest BCUT2D eigenvalue weighted by molar-refractivity contribution is 5.80. The molecule has 0 N–H and O–H groups in total. The molecule has 0 saturated carbocycles. The Bertz CT molecular complexity index is 398. The monoisotopic (exact) mass is 220 g/mol. The standard InChI is InChI=1S/C13H16O3/c1-15-12-5-3-4-9-6-10(8-14)13(16-2)7-11(9)12/h6-8,12H,3-5H2,1-2H3. The zero-order valence-corrected chi connectivity index (χ0v) is 9.66. The summed E-state index contributed by atoms with van der Waals surface area (Å²) in [6.07, 6.45) is 4.14. The molecule has 3 nitrogen and oxygen atoms in total. The lowest BCUT2D eigenvalue weighted by molar-refractivity contribution is 0.0877. The Hall–Kier alpha value is -1.35. The Morgan fingerprint density at radius 1 is 1.38 bits per heavy atom. The Balaban J connectivity index is 2.50. The number of carbonyl (C=O) groups excluding carboxylic acids is 1. The van der Waals surface area contributed by atoms with Gasteiger partial charge in [0.25, 0.3) is 0 Å². The molecule has 1 atom stereocenters. The molecule has 0 aromatic heterocycles. The van der Waals surface area contributed by atoms with Crippen LogP contribution >= 0.6 is 0 Å². The smallest absolute Gasteiger partial charge is 0.153 e. The fourth-order valence-corrected chi connectivity index (χ4v) is 2.32. The third-order valence-electron chi connectivity index (χ3n) is 3.16. The van der Waals surface area contributed by atoms with E-state index in [-0.39, 0.29) is 6.10 Å². The van der Waals surface area contributed by atoms with Crippen LogP contribution in [0, 0.1) is 0 Å². The molecule has 0 spiro atoms. The summed E-state index contributed by atoms with van der Waals surface area (Å²) in [5.74, 6) is 0.637. The Kier molecular flexibility index (Phi) is 3.25. The van der Waals surface area contributed by atoms with E-state index >= 15 is 0 Å². The molecule has 1 aromatic carbocycles. The molecule has 1 aromatic rings. The van der Waals surface area contributed by atoms with Gasteiger partial charge in [0.05, 0.1) is 18.8 Å². The molecular weight excluding hydrogens is 204 g/mol. The molecular formula is C13H16O3. The molecule has 2 rings (SSSR count). The van der Waals surface area contributed by atoms with E-state index in [1.54, 1.807) is 14.2 Å². The highest BCUT2D eigenvalue weighted by atomic mass is 16.5. The minimum atomic E-state index is 0.137. The molecule has 0 aliphatic heterocycles. The van der Waals surface area contributed by atoms with Crippen molar-refractivity contribution in [2.45, 2.75) is 25.4 Å². The van der Waals surface area contributed by atoms with E-state index in [2.05, 4.69) is 0 Å². The van der Waals surface area contributed by atoms with Crippen molar-refractivity contribution in [3.05, 3.63) is 28.8 Å². The first-order chi connectivity index (χ1) is 7.80. The number of hydrogen-bond acceptors (Lipinski definition) is 3. The van der Waals surface area contributed by atoms with Crippen LogP contribution in [0.25, 0.3) is 0 Å². The molecule has 0 fully saturated rings. The second-order valence-electron chi connectivity index (χ2n) is 4.03. The summed E-state index contributed by atoms with van der Waals surface area (Å²) < 4.78 is 10.7. The SMILES string of the molecule is COc1cc2c(cc1C=O)CCCC2OC. The van der Waals surface area contributed by atoms with E-state index in [9.17, 15) is 4.79 Å². The van der Waals surface area contributed by atoms with Gasteiger partial charge in [0.2, 0.25) is 0 Å². The Labute approximate surface area is 95.4 Å². The van der Waals surface area contributed by atoms with Crippen LogP contribution in [0.2, 0.25) is 0 Å². The average Bonchev–Trinajstić information content (AvgIpc) is 2.36. The maximum Gasteiger partial charge on any atom is 0.153 e. The zero-order valence-electron chi connectivity index (χ0n) is 9.66. The Morgan fingerprint density at radius 3 is 2.81 bits per heavy atom. The second-order valence-corrected chi connectivity index (χ2v) is 4.03. The minimum Gasteiger partial charge on any atom is -0.496 e. The first-order valence-corrected chi connectivity index (χ1v) is 5.49. The van der Waals surface area contributed by atoms with Gasteiger partial charge < -0.3 is 9.47 Å². The quantitative estimate of drug-likeness (QED) is 0.734. The molecule has 0 radical (unpaired) electrons. The maximum absolute atomic E-state index is 10.9. The first-order valence-electron chi connectivity index (χ1n) is 5.49. The van der Waals surface area contributed by atoms with Gasteiger partial charge in [-0.3, -0.25) is 4.79 Å². The molecule has 16 heavy (non-hydrogen) atoms. The summed E-state index contributed by atoms with van der Waals surface area (Å²) >= 11 is 0. The number of aldehydes is 1. The van der Waals surface area contributed by atoms with E-state index in [0.717, 1.165) is 31.1 Å². The lowest BCUT2D eigenvalue weighted by Crippen LogP contribution is -2.12. The fourth-order valence-electron chi connectivity index (χ4n) is 2.32. The number of fused-ring (bicyclic) bond motifs is 1. The molecule has 3 heteroatoms. The molecule has 1 aliphatic carbocycles. The molecule has 1 unspecified atom stereocenters. The van der Waals surface area contributed by atoms with E-state index < -0.39 is 0 Å². The molecule has 0 amide bonds. The summed E-state index contributed by atoms with van der Waals surface area (Å²) in [6, 6.07) is 3.86. The van der Waals surface area contributed by atoms with Gasteiger partial charge in [-0.05, 0) is 42.5 Å². The van der Waals surface area contributed by atoms with E-state index in [1.807, 2.05) is 12.1 Å². The largest absolute Gasteiger partial charge is 0.496 e. The van der Waals surface area contributed by atoms with Gasteiger partial charge in [-0.15, -0.1) is 0 Å². The van der Waals surface area contributed by atoms with Crippen molar-refractivity contribution in [2.24, 2.45) is 0 Å². The van der Waals surface area contributed by atoms with Crippen molar-refractivity contribution < 1.29 is 14.3 Å².